The Morgan fingerprint density at radius 2 is 1.86 bits per heavy atom. The van der Waals surface area contributed by atoms with Gasteiger partial charge in [-0.05, 0) is 51.0 Å². The molecule has 2 aromatic carbocycles. The number of hydrogen-bond acceptors (Lipinski definition) is 4. The van der Waals surface area contributed by atoms with Crippen LogP contribution in [-0.4, -0.2) is 41.6 Å². The van der Waals surface area contributed by atoms with Crippen molar-refractivity contribution in [1.29, 1.82) is 0 Å². The molecule has 1 atom stereocenters. The molecule has 2 aromatic rings. The van der Waals surface area contributed by atoms with Gasteiger partial charge in [-0.2, -0.15) is 0 Å². The number of rotatable bonds is 5. The number of carbonyl (C=O) groups is 2. The Morgan fingerprint density at radius 3 is 2.59 bits per heavy atom. The molecule has 1 heterocycles. The van der Waals surface area contributed by atoms with Crippen LogP contribution >= 0.6 is 0 Å². The molecule has 2 N–H and O–H groups in total. The summed E-state index contributed by atoms with van der Waals surface area (Å²) in [5.74, 6) is -0.135. The van der Waals surface area contributed by atoms with E-state index in [1.54, 1.807) is 45.0 Å². The van der Waals surface area contributed by atoms with Gasteiger partial charge in [-0.25, -0.2) is 4.79 Å². The predicted octanol–water partition coefficient (Wildman–Crippen LogP) is 4.04. The molecule has 0 radical (unpaired) electrons. The van der Waals surface area contributed by atoms with Crippen molar-refractivity contribution in [2.24, 2.45) is 0 Å². The first-order chi connectivity index (χ1) is 13.8. The van der Waals surface area contributed by atoms with Crippen LogP contribution in [0.3, 0.4) is 0 Å². The van der Waals surface area contributed by atoms with Crippen LogP contribution in [0, 0.1) is 0 Å². The summed E-state index contributed by atoms with van der Waals surface area (Å²) in [7, 11) is 0. The van der Waals surface area contributed by atoms with Crippen molar-refractivity contribution >= 4 is 17.7 Å². The molecule has 0 saturated carbocycles. The first kappa shape index (κ1) is 20.9. The Morgan fingerprint density at radius 1 is 1.10 bits per heavy atom. The maximum atomic E-state index is 12.7. The van der Waals surface area contributed by atoms with E-state index in [9.17, 15) is 9.59 Å². The van der Waals surface area contributed by atoms with Crippen LogP contribution in [0.1, 0.15) is 43.1 Å². The van der Waals surface area contributed by atoms with Crippen LogP contribution in [0.5, 0.6) is 0 Å². The van der Waals surface area contributed by atoms with Crippen LogP contribution < -0.4 is 10.6 Å². The zero-order valence-electron chi connectivity index (χ0n) is 17.3. The average molecular weight is 396 g/mol. The molecule has 1 saturated heterocycles. The van der Waals surface area contributed by atoms with E-state index in [0.29, 0.717) is 11.3 Å². The third kappa shape index (κ3) is 6.61. The monoisotopic (exact) mass is 395 g/mol. The van der Waals surface area contributed by atoms with Crippen LogP contribution in [0.2, 0.25) is 0 Å². The highest BCUT2D eigenvalue weighted by atomic mass is 16.6. The molecule has 154 valence electrons. The fourth-order valence-corrected chi connectivity index (χ4v) is 3.36. The number of anilines is 1. The van der Waals surface area contributed by atoms with Gasteiger partial charge >= 0.3 is 6.09 Å². The van der Waals surface area contributed by atoms with Crippen LogP contribution in [0.15, 0.2) is 54.6 Å². The first-order valence-corrected chi connectivity index (χ1v) is 9.96. The molecule has 1 fully saturated rings. The second kappa shape index (κ2) is 9.09. The number of amides is 2. The fourth-order valence-electron chi connectivity index (χ4n) is 3.36. The van der Waals surface area contributed by atoms with Gasteiger partial charge in [-0.3, -0.25) is 15.0 Å². The highest BCUT2D eigenvalue weighted by molar-refractivity contribution is 5.96. The summed E-state index contributed by atoms with van der Waals surface area (Å²) in [6.45, 7) is 8.09. The summed E-state index contributed by atoms with van der Waals surface area (Å²) in [6, 6.07) is 17.4. The molecule has 3 rings (SSSR count). The fraction of sp³-hybridized carbons (Fsp3) is 0.391. The zero-order chi connectivity index (χ0) is 20.9. The number of ether oxygens (including phenoxy) is 1. The molecule has 1 aliphatic rings. The lowest BCUT2D eigenvalue weighted by molar-refractivity contribution is 0.0635. The molecule has 0 aliphatic carbocycles. The molecule has 2 amide bonds. The SMILES string of the molecule is CC(C)(C)OC(=O)Nc1cccc(C(=O)N[C@H]2CCN(Cc3ccccc3)C2)c1. The number of nitrogens with one attached hydrogen (secondary N) is 2. The summed E-state index contributed by atoms with van der Waals surface area (Å²) >= 11 is 0. The molecule has 1 aliphatic heterocycles. The maximum Gasteiger partial charge on any atom is 0.412 e. The highest BCUT2D eigenvalue weighted by Crippen LogP contribution is 2.16. The van der Waals surface area contributed by atoms with E-state index < -0.39 is 11.7 Å². The first-order valence-electron chi connectivity index (χ1n) is 9.96. The number of likely N-dealkylation sites (tertiary alicyclic amines) is 1. The Kier molecular flexibility index (Phi) is 6.54. The summed E-state index contributed by atoms with van der Waals surface area (Å²) in [4.78, 5) is 26.9. The van der Waals surface area contributed by atoms with Gasteiger partial charge in [-0.15, -0.1) is 0 Å². The summed E-state index contributed by atoms with van der Waals surface area (Å²) < 4.78 is 5.25. The zero-order valence-corrected chi connectivity index (χ0v) is 17.3. The summed E-state index contributed by atoms with van der Waals surface area (Å²) in [5, 5.41) is 5.78. The maximum absolute atomic E-state index is 12.7. The minimum absolute atomic E-state index is 0.119. The van der Waals surface area contributed by atoms with Gasteiger partial charge in [0.1, 0.15) is 5.60 Å². The minimum Gasteiger partial charge on any atom is -0.444 e. The van der Waals surface area contributed by atoms with Crippen LogP contribution in [-0.2, 0) is 11.3 Å². The van der Waals surface area contributed by atoms with Crippen molar-refractivity contribution in [2.75, 3.05) is 18.4 Å². The van der Waals surface area contributed by atoms with Crippen LogP contribution in [0.4, 0.5) is 10.5 Å². The smallest absolute Gasteiger partial charge is 0.412 e. The van der Waals surface area contributed by atoms with E-state index in [-0.39, 0.29) is 11.9 Å². The largest absolute Gasteiger partial charge is 0.444 e. The van der Waals surface area contributed by atoms with Gasteiger partial charge in [0, 0.05) is 36.9 Å². The molecular weight excluding hydrogens is 366 g/mol. The molecule has 0 bridgehead atoms. The van der Waals surface area contributed by atoms with Crippen molar-refractivity contribution in [3.63, 3.8) is 0 Å². The quantitative estimate of drug-likeness (QED) is 0.802. The van der Waals surface area contributed by atoms with E-state index in [1.807, 2.05) is 18.2 Å². The van der Waals surface area contributed by atoms with E-state index in [1.165, 1.54) is 5.56 Å². The third-order valence-electron chi connectivity index (χ3n) is 4.63. The van der Waals surface area contributed by atoms with Crippen molar-refractivity contribution in [2.45, 2.75) is 45.4 Å². The van der Waals surface area contributed by atoms with E-state index in [4.69, 9.17) is 4.74 Å². The van der Waals surface area contributed by atoms with Gasteiger partial charge in [0.25, 0.3) is 5.91 Å². The molecular formula is C23H29N3O3. The number of nitrogens with zero attached hydrogens (tertiary/aromatic N) is 1. The summed E-state index contributed by atoms with van der Waals surface area (Å²) in [5.41, 5.74) is 1.75. The van der Waals surface area contributed by atoms with E-state index in [0.717, 1.165) is 26.1 Å². The number of benzene rings is 2. The minimum atomic E-state index is -0.576. The molecule has 6 heteroatoms. The van der Waals surface area contributed by atoms with Gasteiger partial charge in [0.05, 0.1) is 0 Å². The predicted molar refractivity (Wildman–Crippen MR) is 114 cm³/mol. The Balaban J connectivity index is 1.52. The van der Waals surface area contributed by atoms with Gasteiger partial charge in [0.15, 0.2) is 0 Å². The third-order valence-corrected chi connectivity index (χ3v) is 4.63. The lowest BCUT2D eigenvalue weighted by Gasteiger charge is -2.20. The van der Waals surface area contributed by atoms with E-state index in [2.05, 4.69) is 27.7 Å². The highest BCUT2D eigenvalue weighted by Gasteiger charge is 2.24. The lowest BCUT2D eigenvalue weighted by Crippen LogP contribution is -2.37. The second-order valence-electron chi connectivity index (χ2n) is 8.39. The molecule has 0 aromatic heterocycles. The standard InChI is InChI=1S/C23H29N3O3/c1-23(2,3)29-22(28)25-19-11-7-10-18(14-19)21(27)24-20-12-13-26(16-20)15-17-8-5-4-6-9-17/h4-11,14,20H,12-13,15-16H2,1-3H3,(H,24,27)(H,25,28)/t20-/m0/s1. The molecule has 6 nitrogen and oxygen atoms in total. The average Bonchev–Trinajstić information content (AvgIpc) is 3.08. The Hall–Kier alpha value is -2.86. The normalized spacial score (nSPS) is 17.0. The van der Waals surface area contributed by atoms with Gasteiger partial charge < -0.3 is 10.1 Å². The second-order valence-corrected chi connectivity index (χ2v) is 8.39. The van der Waals surface area contributed by atoms with Gasteiger partial charge in [0.2, 0.25) is 0 Å². The number of carbonyl (C=O) groups excluding carboxylic acids is 2. The Labute approximate surface area is 172 Å². The molecule has 0 unspecified atom stereocenters. The van der Waals surface area contributed by atoms with Crippen molar-refractivity contribution in [3.8, 4) is 0 Å². The summed E-state index contributed by atoms with van der Waals surface area (Å²) in [6.07, 6.45) is 0.386. The Bertz CT molecular complexity index is 846. The van der Waals surface area contributed by atoms with Crippen LogP contribution in [0.25, 0.3) is 0 Å². The van der Waals surface area contributed by atoms with Gasteiger partial charge in [-0.1, -0.05) is 36.4 Å². The van der Waals surface area contributed by atoms with Crippen molar-refractivity contribution in [3.05, 3.63) is 65.7 Å². The molecule has 29 heavy (non-hydrogen) atoms. The van der Waals surface area contributed by atoms with Crippen molar-refractivity contribution in [1.82, 2.24) is 10.2 Å². The van der Waals surface area contributed by atoms with E-state index >= 15 is 0 Å². The lowest BCUT2D eigenvalue weighted by atomic mass is 10.1. The number of hydrogen-bond donors (Lipinski definition) is 2. The topological polar surface area (TPSA) is 70.7 Å². The van der Waals surface area contributed by atoms with Crippen molar-refractivity contribution < 1.29 is 14.3 Å². The molecule has 0 spiro atoms.